The van der Waals surface area contributed by atoms with Gasteiger partial charge in [0.25, 0.3) is 5.91 Å². The second-order valence-electron chi connectivity index (χ2n) is 7.50. The second-order valence-corrected chi connectivity index (χ2v) is 7.50. The number of nitrogens with one attached hydrogen (secondary N) is 2. The Morgan fingerprint density at radius 2 is 1.57 bits per heavy atom. The monoisotopic (exact) mass is 416 g/mol. The largest absolute Gasteiger partial charge is 0.497 e. The average Bonchev–Trinajstić information content (AvgIpc) is 2.72. The topological polar surface area (TPSA) is 76.7 Å². The number of halogens is 1. The normalized spacial score (nSPS) is 12.8. The van der Waals surface area contributed by atoms with E-state index in [9.17, 15) is 14.0 Å². The van der Waals surface area contributed by atoms with Crippen LogP contribution in [0.4, 0.5) is 4.39 Å². The number of benzene rings is 2. The predicted octanol–water partition coefficient (Wildman–Crippen LogP) is 3.34. The van der Waals surface area contributed by atoms with E-state index in [1.165, 1.54) is 20.3 Å². The molecule has 2 aromatic carbocycles. The molecule has 0 saturated heterocycles. The van der Waals surface area contributed by atoms with Crippen molar-refractivity contribution < 1.29 is 23.5 Å². The van der Waals surface area contributed by atoms with Crippen LogP contribution < -0.4 is 20.1 Å². The van der Waals surface area contributed by atoms with Gasteiger partial charge < -0.3 is 20.1 Å². The third-order valence-corrected chi connectivity index (χ3v) is 4.72. The highest BCUT2D eigenvalue weighted by molar-refractivity contribution is 5.98. The van der Waals surface area contributed by atoms with E-state index in [-0.39, 0.29) is 23.7 Å². The number of hydrogen-bond acceptors (Lipinski definition) is 4. The lowest BCUT2D eigenvalue weighted by atomic mass is 10.0. The van der Waals surface area contributed by atoms with Crippen LogP contribution in [0.5, 0.6) is 11.5 Å². The molecule has 0 bridgehead atoms. The number of hydrogen-bond donors (Lipinski definition) is 2. The number of amides is 2. The lowest BCUT2D eigenvalue weighted by Gasteiger charge is -2.24. The summed E-state index contributed by atoms with van der Waals surface area (Å²) in [5, 5.41) is 5.65. The molecule has 2 aromatic rings. The minimum atomic E-state index is -0.752. The fraction of sp³-hybridized carbons (Fsp3) is 0.391. The molecule has 0 aliphatic rings. The lowest BCUT2D eigenvalue weighted by Crippen LogP contribution is -2.52. The maximum atomic E-state index is 13.9. The van der Waals surface area contributed by atoms with Crippen molar-refractivity contribution in [2.75, 3.05) is 14.2 Å². The molecule has 2 atom stereocenters. The van der Waals surface area contributed by atoms with Crippen LogP contribution in [0.15, 0.2) is 42.5 Å². The van der Waals surface area contributed by atoms with E-state index < -0.39 is 11.9 Å². The minimum Gasteiger partial charge on any atom is -0.497 e. The van der Waals surface area contributed by atoms with Crippen molar-refractivity contribution in [3.8, 4) is 11.5 Å². The zero-order valence-corrected chi connectivity index (χ0v) is 18.0. The first-order valence-electron chi connectivity index (χ1n) is 9.82. The maximum Gasteiger partial charge on any atom is 0.252 e. The molecule has 0 aromatic heterocycles. The third-order valence-electron chi connectivity index (χ3n) is 4.72. The van der Waals surface area contributed by atoms with Gasteiger partial charge in [0.05, 0.1) is 14.2 Å². The van der Waals surface area contributed by atoms with Gasteiger partial charge in [0.1, 0.15) is 23.4 Å². The molecule has 0 aliphatic heterocycles. The summed E-state index contributed by atoms with van der Waals surface area (Å²) in [6.45, 7) is 5.49. The maximum absolute atomic E-state index is 13.9. The zero-order chi connectivity index (χ0) is 22.3. The van der Waals surface area contributed by atoms with Gasteiger partial charge in [-0.25, -0.2) is 4.39 Å². The van der Waals surface area contributed by atoms with Crippen LogP contribution in [0.2, 0.25) is 0 Å². The fourth-order valence-electron chi connectivity index (χ4n) is 3.08. The highest BCUT2D eigenvalue weighted by Gasteiger charge is 2.26. The van der Waals surface area contributed by atoms with Gasteiger partial charge in [-0.05, 0) is 43.0 Å². The summed E-state index contributed by atoms with van der Waals surface area (Å²) in [6.07, 6.45) is 0.351. The van der Waals surface area contributed by atoms with Crippen LogP contribution in [0.3, 0.4) is 0 Å². The highest BCUT2D eigenvalue weighted by Crippen LogP contribution is 2.22. The lowest BCUT2D eigenvalue weighted by molar-refractivity contribution is -0.124. The van der Waals surface area contributed by atoms with Crippen molar-refractivity contribution >= 4 is 11.8 Å². The number of ether oxygens (including phenoxy) is 2. The van der Waals surface area contributed by atoms with Crippen molar-refractivity contribution in [1.82, 2.24) is 10.6 Å². The molecule has 30 heavy (non-hydrogen) atoms. The molecular formula is C23H29FN2O4. The van der Waals surface area contributed by atoms with E-state index in [1.807, 2.05) is 13.8 Å². The molecule has 2 N–H and O–H groups in total. The van der Waals surface area contributed by atoms with Crippen LogP contribution in [0.1, 0.15) is 36.7 Å². The van der Waals surface area contributed by atoms with Crippen LogP contribution in [-0.2, 0) is 11.2 Å². The molecule has 7 heteroatoms. The van der Waals surface area contributed by atoms with Gasteiger partial charge in [-0.15, -0.1) is 0 Å². The van der Waals surface area contributed by atoms with Crippen molar-refractivity contribution in [3.63, 3.8) is 0 Å². The number of rotatable bonds is 9. The van der Waals surface area contributed by atoms with E-state index in [2.05, 4.69) is 10.6 Å². The molecular weight excluding hydrogens is 387 g/mol. The minimum absolute atomic E-state index is 0.151. The number of carbonyl (C=O) groups excluding carboxylic acids is 2. The van der Waals surface area contributed by atoms with Crippen LogP contribution in [0, 0.1) is 11.7 Å². The Kier molecular flexibility index (Phi) is 8.21. The number of carbonyl (C=O) groups is 2. The molecule has 162 valence electrons. The molecule has 0 spiro atoms. The Morgan fingerprint density at radius 3 is 2.10 bits per heavy atom. The summed E-state index contributed by atoms with van der Waals surface area (Å²) in [4.78, 5) is 25.6. The first kappa shape index (κ1) is 23.2. The van der Waals surface area contributed by atoms with Crippen molar-refractivity contribution in [2.45, 2.75) is 39.3 Å². The van der Waals surface area contributed by atoms with Gasteiger partial charge in [0.2, 0.25) is 5.91 Å². The third kappa shape index (κ3) is 6.20. The van der Waals surface area contributed by atoms with Gasteiger partial charge >= 0.3 is 0 Å². The number of methoxy groups -OCH3 is 2. The molecule has 2 unspecified atom stereocenters. The summed E-state index contributed by atoms with van der Waals surface area (Å²) >= 11 is 0. The summed E-state index contributed by atoms with van der Waals surface area (Å²) < 4.78 is 24.3. The van der Waals surface area contributed by atoms with E-state index in [0.717, 1.165) is 0 Å². The Labute approximate surface area is 176 Å². The average molecular weight is 416 g/mol. The first-order valence-corrected chi connectivity index (χ1v) is 9.82. The quantitative estimate of drug-likeness (QED) is 0.657. The molecule has 0 heterocycles. The van der Waals surface area contributed by atoms with E-state index >= 15 is 0 Å². The molecule has 0 fully saturated rings. The van der Waals surface area contributed by atoms with Crippen molar-refractivity contribution in [3.05, 3.63) is 59.4 Å². The Morgan fingerprint density at radius 1 is 0.967 bits per heavy atom. The summed E-state index contributed by atoms with van der Waals surface area (Å²) in [7, 11) is 3.00. The van der Waals surface area contributed by atoms with Gasteiger partial charge in [0.15, 0.2) is 0 Å². The van der Waals surface area contributed by atoms with E-state index in [1.54, 1.807) is 43.3 Å². The van der Waals surface area contributed by atoms with Gasteiger partial charge in [-0.2, -0.15) is 0 Å². The molecule has 2 amide bonds. The highest BCUT2D eigenvalue weighted by atomic mass is 19.1. The van der Waals surface area contributed by atoms with Crippen LogP contribution >= 0.6 is 0 Å². The standard InChI is InChI=1S/C23H29FN2O4/c1-14(2)21(23(28)25-15(3)10-16-8-6-7-9-20(16)24)26-22(27)17-11-18(29-4)13-19(12-17)30-5/h6-9,11-15,21H,10H2,1-5H3,(H,25,28)(H,26,27). The van der Waals surface area contributed by atoms with Crippen LogP contribution in [0.25, 0.3) is 0 Å². The van der Waals surface area contributed by atoms with Gasteiger partial charge in [-0.3, -0.25) is 9.59 Å². The smallest absolute Gasteiger partial charge is 0.252 e. The molecule has 6 nitrogen and oxygen atoms in total. The van der Waals surface area contributed by atoms with E-state index in [4.69, 9.17) is 9.47 Å². The first-order chi connectivity index (χ1) is 14.2. The molecule has 0 aliphatic carbocycles. The SMILES string of the molecule is COc1cc(OC)cc(C(=O)NC(C(=O)NC(C)Cc2ccccc2F)C(C)C)c1. The van der Waals surface area contributed by atoms with Crippen molar-refractivity contribution in [2.24, 2.45) is 5.92 Å². The van der Waals surface area contributed by atoms with Gasteiger partial charge in [0, 0.05) is 17.7 Å². The van der Waals surface area contributed by atoms with Gasteiger partial charge in [-0.1, -0.05) is 32.0 Å². The van der Waals surface area contributed by atoms with Crippen molar-refractivity contribution in [1.29, 1.82) is 0 Å². The second kappa shape index (κ2) is 10.6. The predicted molar refractivity (Wildman–Crippen MR) is 113 cm³/mol. The summed E-state index contributed by atoms with van der Waals surface area (Å²) in [5.41, 5.74) is 0.850. The molecule has 0 saturated carbocycles. The zero-order valence-electron chi connectivity index (χ0n) is 18.0. The van der Waals surface area contributed by atoms with Crippen LogP contribution in [-0.4, -0.2) is 38.1 Å². The fourth-order valence-corrected chi connectivity index (χ4v) is 3.08. The van der Waals surface area contributed by atoms with E-state index in [0.29, 0.717) is 29.0 Å². The Hall–Kier alpha value is -3.09. The summed E-state index contributed by atoms with van der Waals surface area (Å²) in [5.74, 6) is -0.242. The Bertz CT molecular complexity index is 863. The molecule has 0 radical (unpaired) electrons. The molecule has 2 rings (SSSR count). The summed E-state index contributed by atoms with van der Waals surface area (Å²) in [6, 6.07) is 10.2. The Balaban J connectivity index is 2.08.